The van der Waals surface area contributed by atoms with E-state index >= 15 is 0 Å². The molecule has 29 heavy (non-hydrogen) atoms. The summed E-state index contributed by atoms with van der Waals surface area (Å²) >= 11 is 0. The van der Waals surface area contributed by atoms with Crippen molar-refractivity contribution in [2.75, 3.05) is 33.0 Å². The molecule has 4 rings (SSSR count). The molecule has 1 atom stereocenters. The first kappa shape index (κ1) is 19.6. The monoisotopic (exact) mass is 396 g/mol. The molecule has 0 aliphatic carbocycles. The number of rotatable bonds is 5. The number of carbonyl (C=O) groups is 1. The van der Waals surface area contributed by atoms with Gasteiger partial charge in [-0.05, 0) is 61.7 Å². The first-order chi connectivity index (χ1) is 14.0. The first-order valence-electron chi connectivity index (χ1n) is 10.1. The van der Waals surface area contributed by atoms with Gasteiger partial charge in [-0.2, -0.15) is 0 Å². The summed E-state index contributed by atoms with van der Waals surface area (Å²) in [5, 5.41) is 0. The maximum absolute atomic E-state index is 12.8. The highest BCUT2D eigenvalue weighted by molar-refractivity contribution is 5.81. The highest BCUT2D eigenvalue weighted by Crippen LogP contribution is 2.32. The van der Waals surface area contributed by atoms with E-state index in [0.717, 1.165) is 48.0 Å². The summed E-state index contributed by atoms with van der Waals surface area (Å²) < 4.78 is 16.8. The van der Waals surface area contributed by atoms with Crippen molar-refractivity contribution in [3.63, 3.8) is 0 Å². The predicted molar refractivity (Wildman–Crippen MR) is 110 cm³/mol. The van der Waals surface area contributed by atoms with E-state index < -0.39 is 6.10 Å². The van der Waals surface area contributed by atoms with Gasteiger partial charge in [-0.3, -0.25) is 9.69 Å². The predicted octanol–water partition coefficient (Wildman–Crippen LogP) is 3.14. The highest BCUT2D eigenvalue weighted by atomic mass is 16.7. The fourth-order valence-corrected chi connectivity index (χ4v) is 3.94. The van der Waals surface area contributed by atoms with Crippen LogP contribution in [0.25, 0.3) is 0 Å². The van der Waals surface area contributed by atoms with Crippen LogP contribution in [-0.2, 0) is 11.3 Å². The van der Waals surface area contributed by atoms with Crippen molar-refractivity contribution in [3.05, 3.63) is 53.1 Å². The Hall–Kier alpha value is -2.73. The number of hydrogen-bond acceptors (Lipinski definition) is 5. The lowest BCUT2D eigenvalue weighted by atomic mass is 10.1. The molecule has 2 heterocycles. The molecule has 6 heteroatoms. The number of carbonyl (C=O) groups excluding carboxylic acids is 1. The lowest BCUT2D eigenvalue weighted by molar-refractivity contribution is -0.139. The van der Waals surface area contributed by atoms with Crippen LogP contribution < -0.4 is 14.2 Å². The van der Waals surface area contributed by atoms with E-state index in [2.05, 4.69) is 17.0 Å². The number of nitrogens with zero attached hydrogens (tertiary/aromatic N) is 2. The lowest BCUT2D eigenvalue weighted by Crippen LogP contribution is -2.51. The topological polar surface area (TPSA) is 51.2 Å². The minimum Gasteiger partial charge on any atom is -0.481 e. The van der Waals surface area contributed by atoms with Crippen molar-refractivity contribution in [1.82, 2.24) is 9.80 Å². The van der Waals surface area contributed by atoms with Gasteiger partial charge >= 0.3 is 0 Å². The van der Waals surface area contributed by atoms with Gasteiger partial charge in [0.15, 0.2) is 17.6 Å². The Morgan fingerprint density at radius 3 is 2.41 bits per heavy atom. The van der Waals surface area contributed by atoms with Gasteiger partial charge in [0.05, 0.1) is 0 Å². The van der Waals surface area contributed by atoms with E-state index in [0.29, 0.717) is 19.9 Å². The van der Waals surface area contributed by atoms with Gasteiger partial charge in [0, 0.05) is 32.7 Å². The number of piperazine rings is 1. The van der Waals surface area contributed by atoms with Crippen molar-refractivity contribution in [2.45, 2.75) is 33.4 Å². The van der Waals surface area contributed by atoms with Gasteiger partial charge in [0.2, 0.25) is 6.79 Å². The number of hydrogen-bond donors (Lipinski definition) is 0. The lowest BCUT2D eigenvalue weighted by Gasteiger charge is -2.36. The summed E-state index contributed by atoms with van der Waals surface area (Å²) in [5.41, 5.74) is 3.47. The summed E-state index contributed by atoms with van der Waals surface area (Å²) in [6.07, 6.45) is -0.489. The zero-order chi connectivity index (χ0) is 20.4. The number of amides is 1. The van der Waals surface area contributed by atoms with Gasteiger partial charge in [-0.25, -0.2) is 0 Å². The minimum absolute atomic E-state index is 0.0480. The zero-order valence-corrected chi connectivity index (χ0v) is 17.3. The number of benzene rings is 2. The molecule has 0 bridgehead atoms. The Balaban J connectivity index is 1.29. The third kappa shape index (κ3) is 4.65. The molecule has 0 N–H and O–H groups in total. The van der Waals surface area contributed by atoms with Crippen LogP contribution in [0.2, 0.25) is 0 Å². The molecule has 0 radical (unpaired) electrons. The van der Waals surface area contributed by atoms with Crippen LogP contribution in [0.1, 0.15) is 23.6 Å². The largest absolute Gasteiger partial charge is 0.481 e. The fraction of sp³-hybridized carbons (Fsp3) is 0.435. The Kier molecular flexibility index (Phi) is 5.62. The Bertz CT molecular complexity index is 870. The molecule has 0 aromatic heterocycles. The second-order valence-corrected chi connectivity index (χ2v) is 7.87. The molecule has 2 aliphatic rings. The molecule has 1 amide bonds. The van der Waals surface area contributed by atoms with Crippen LogP contribution in [0.5, 0.6) is 17.2 Å². The standard InChI is InChI=1S/C23H28N2O4/c1-16-10-17(2)12-20(11-16)29-18(3)23(26)25-8-6-24(7-9-25)14-19-4-5-21-22(13-19)28-15-27-21/h4-5,10-13,18H,6-9,14-15H2,1-3H3/t18-/m1/s1. The SMILES string of the molecule is Cc1cc(C)cc(O[C@H](C)C(=O)N2CCN(Cc3ccc4c(c3)OCO4)CC2)c1. The van der Waals surface area contributed by atoms with E-state index in [9.17, 15) is 4.79 Å². The summed E-state index contributed by atoms with van der Waals surface area (Å²) in [5.74, 6) is 2.42. The fourth-order valence-electron chi connectivity index (χ4n) is 3.94. The molecule has 1 fully saturated rings. The summed E-state index contributed by atoms with van der Waals surface area (Å²) in [6, 6.07) is 12.1. The van der Waals surface area contributed by atoms with E-state index in [-0.39, 0.29) is 5.91 Å². The number of aryl methyl sites for hydroxylation is 2. The molecule has 0 saturated carbocycles. The molecular weight excluding hydrogens is 368 g/mol. The van der Waals surface area contributed by atoms with Crippen molar-refractivity contribution in [3.8, 4) is 17.2 Å². The molecular formula is C23H28N2O4. The third-order valence-corrected chi connectivity index (χ3v) is 5.38. The zero-order valence-electron chi connectivity index (χ0n) is 17.3. The molecule has 2 aliphatic heterocycles. The molecule has 1 saturated heterocycles. The molecule has 0 spiro atoms. The molecule has 6 nitrogen and oxygen atoms in total. The average molecular weight is 396 g/mol. The molecule has 2 aromatic rings. The van der Waals surface area contributed by atoms with Crippen molar-refractivity contribution < 1.29 is 19.0 Å². The van der Waals surface area contributed by atoms with Gasteiger partial charge in [0.25, 0.3) is 5.91 Å². The van der Waals surface area contributed by atoms with Crippen LogP contribution in [-0.4, -0.2) is 54.8 Å². The number of fused-ring (bicyclic) bond motifs is 1. The quantitative estimate of drug-likeness (QED) is 0.777. The summed E-state index contributed by atoms with van der Waals surface area (Å²) in [4.78, 5) is 17.1. The summed E-state index contributed by atoms with van der Waals surface area (Å²) in [6.45, 7) is 10.1. The van der Waals surface area contributed by atoms with E-state index in [1.165, 1.54) is 5.56 Å². The normalized spacial score (nSPS) is 17.3. The van der Waals surface area contributed by atoms with Gasteiger partial charge < -0.3 is 19.1 Å². The van der Waals surface area contributed by atoms with Crippen molar-refractivity contribution in [1.29, 1.82) is 0 Å². The first-order valence-corrected chi connectivity index (χ1v) is 10.1. The van der Waals surface area contributed by atoms with E-state index in [1.807, 2.05) is 49.9 Å². The molecule has 0 unspecified atom stereocenters. The Labute approximate surface area is 172 Å². The van der Waals surface area contributed by atoms with Crippen LogP contribution in [0.3, 0.4) is 0 Å². The maximum atomic E-state index is 12.8. The van der Waals surface area contributed by atoms with Crippen molar-refractivity contribution in [2.24, 2.45) is 0 Å². The van der Waals surface area contributed by atoms with Gasteiger partial charge in [0.1, 0.15) is 5.75 Å². The second kappa shape index (κ2) is 8.33. The average Bonchev–Trinajstić information content (AvgIpc) is 3.15. The van der Waals surface area contributed by atoms with Crippen molar-refractivity contribution >= 4 is 5.91 Å². The molecule has 2 aromatic carbocycles. The van der Waals surface area contributed by atoms with Crippen LogP contribution in [0, 0.1) is 13.8 Å². The summed E-state index contributed by atoms with van der Waals surface area (Å²) in [7, 11) is 0. The second-order valence-electron chi connectivity index (χ2n) is 7.87. The maximum Gasteiger partial charge on any atom is 0.263 e. The Morgan fingerprint density at radius 2 is 1.69 bits per heavy atom. The van der Waals surface area contributed by atoms with Crippen LogP contribution in [0.4, 0.5) is 0 Å². The van der Waals surface area contributed by atoms with Crippen LogP contribution >= 0.6 is 0 Å². The Morgan fingerprint density at radius 1 is 1.00 bits per heavy atom. The molecule has 154 valence electrons. The van der Waals surface area contributed by atoms with Gasteiger partial charge in [-0.1, -0.05) is 12.1 Å². The number of ether oxygens (including phenoxy) is 3. The van der Waals surface area contributed by atoms with E-state index in [1.54, 1.807) is 0 Å². The smallest absolute Gasteiger partial charge is 0.263 e. The van der Waals surface area contributed by atoms with E-state index in [4.69, 9.17) is 14.2 Å². The third-order valence-electron chi connectivity index (χ3n) is 5.38. The van der Waals surface area contributed by atoms with Gasteiger partial charge in [-0.15, -0.1) is 0 Å². The minimum atomic E-state index is -0.489. The highest BCUT2D eigenvalue weighted by Gasteiger charge is 2.26. The van der Waals surface area contributed by atoms with Crippen LogP contribution in [0.15, 0.2) is 36.4 Å².